The lowest BCUT2D eigenvalue weighted by Gasteiger charge is -2.20. The van der Waals surface area contributed by atoms with Crippen LogP contribution in [0.3, 0.4) is 0 Å². The summed E-state index contributed by atoms with van der Waals surface area (Å²) in [5.74, 6) is 0. The fourth-order valence-corrected chi connectivity index (χ4v) is 3.28. The molecule has 0 N–H and O–H groups in total. The minimum Gasteiger partial charge on any atom is -0.368 e. The lowest BCUT2D eigenvalue weighted by molar-refractivity contribution is 0.937. The van der Waals surface area contributed by atoms with Crippen molar-refractivity contribution in [2.75, 3.05) is 11.9 Å². The van der Waals surface area contributed by atoms with Gasteiger partial charge in [-0.15, -0.1) is 11.3 Å². The van der Waals surface area contributed by atoms with Crippen LogP contribution in [0.15, 0.2) is 34.8 Å². The number of thiophene rings is 1. The summed E-state index contributed by atoms with van der Waals surface area (Å²) in [6, 6.07) is 11.9. The van der Waals surface area contributed by atoms with E-state index in [-0.39, 0.29) is 0 Å². The third-order valence-corrected chi connectivity index (χ3v) is 4.41. The molecule has 0 aliphatic rings. The van der Waals surface area contributed by atoms with Gasteiger partial charge < -0.3 is 4.90 Å². The van der Waals surface area contributed by atoms with Crippen molar-refractivity contribution in [1.82, 2.24) is 0 Å². The van der Waals surface area contributed by atoms with Crippen LogP contribution in [-0.2, 0) is 6.54 Å². The first-order valence-corrected chi connectivity index (χ1v) is 7.24. The molecule has 0 saturated carbocycles. The molecule has 0 aliphatic heterocycles. The first-order valence-electron chi connectivity index (χ1n) is 5.26. The Morgan fingerprint density at radius 3 is 2.78 bits per heavy atom. The summed E-state index contributed by atoms with van der Waals surface area (Å²) in [7, 11) is 1.97. The maximum atomic E-state index is 9.19. The van der Waals surface area contributed by atoms with Crippen molar-refractivity contribution in [3.63, 3.8) is 0 Å². The van der Waals surface area contributed by atoms with Crippen LogP contribution < -0.4 is 4.90 Å². The summed E-state index contributed by atoms with van der Waals surface area (Å²) in [5, 5.41) is 9.19. The molecule has 0 spiro atoms. The van der Waals surface area contributed by atoms with E-state index >= 15 is 0 Å². The average molecular weight is 342 g/mol. The zero-order valence-electron chi connectivity index (χ0n) is 9.65. The van der Waals surface area contributed by atoms with Crippen LogP contribution >= 0.6 is 38.9 Å². The summed E-state index contributed by atoms with van der Waals surface area (Å²) in [6.45, 7) is 0.739. The van der Waals surface area contributed by atoms with E-state index in [0.717, 1.165) is 21.0 Å². The molecule has 1 aromatic heterocycles. The second-order valence-corrected chi connectivity index (χ2v) is 6.46. The van der Waals surface area contributed by atoms with Gasteiger partial charge in [0.25, 0.3) is 0 Å². The topological polar surface area (TPSA) is 27.0 Å². The van der Waals surface area contributed by atoms with E-state index in [1.807, 2.05) is 42.3 Å². The average Bonchev–Trinajstić information content (AvgIpc) is 2.74. The van der Waals surface area contributed by atoms with E-state index in [4.69, 9.17) is 11.6 Å². The van der Waals surface area contributed by atoms with Gasteiger partial charge in [0.15, 0.2) is 0 Å². The molecule has 0 bridgehead atoms. The van der Waals surface area contributed by atoms with Crippen LogP contribution in [0.4, 0.5) is 5.69 Å². The number of nitrogens with zero attached hydrogens (tertiary/aromatic N) is 2. The molecule has 0 radical (unpaired) electrons. The predicted molar refractivity (Wildman–Crippen MR) is 80.3 cm³/mol. The second-order valence-electron chi connectivity index (χ2n) is 3.81. The SMILES string of the molecule is CN(Cc1ccc(Cl)s1)c1cccc(Br)c1C#N. The zero-order chi connectivity index (χ0) is 13.1. The Morgan fingerprint density at radius 2 is 2.17 bits per heavy atom. The molecule has 0 unspecified atom stereocenters. The molecule has 0 amide bonds. The minimum atomic E-state index is 0.655. The zero-order valence-corrected chi connectivity index (χ0v) is 12.8. The minimum absolute atomic E-state index is 0.655. The van der Waals surface area contributed by atoms with E-state index in [9.17, 15) is 5.26 Å². The Morgan fingerprint density at radius 1 is 1.39 bits per heavy atom. The Labute approximate surface area is 124 Å². The molecule has 92 valence electrons. The van der Waals surface area contributed by atoms with Crippen LogP contribution in [0.1, 0.15) is 10.4 Å². The summed E-state index contributed by atoms with van der Waals surface area (Å²) < 4.78 is 1.60. The summed E-state index contributed by atoms with van der Waals surface area (Å²) in [5.41, 5.74) is 1.57. The van der Waals surface area contributed by atoms with Crippen LogP contribution in [0, 0.1) is 11.3 Å². The number of rotatable bonds is 3. The normalized spacial score (nSPS) is 10.1. The molecule has 0 saturated heterocycles. The van der Waals surface area contributed by atoms with E-state index < -0.39 is 0 Å². The second kappa shape index (κ2) is 5.75. The molecular formula is C13H10BrClN2S. The van der Waals surface area contributed by atoms with E-state index in [2.05, 4.69) is 22.0 Å². The molecule has 0 aliphatic carbocycles. The van der Waals surface area contributed by atoms with Crippen molar-refractivity contribution in [2.24, 2.45) is 0 Å². The van der Waals surface area contributed by atoms with Gasteiger partial charge in [0.05, 0.1) is 22.1 Å². The Kier molecular flexibility index (Phi) is 4.28. The van der Waals surface area contributed by atoms with Gasteiger partial charge in [-0.2, -0.15) is 5.26 Å². The third-order valence-electron chi connectivity index (χ3n) is 2.54. The molecule has 2 aromatic rings. The van der Waals surface area contributed by atoms with E-state index in [1.165, 1.54) is 4.88 Å². The maximum absolute atomic E-state index is 9.19. The smallest absolute Gasteiger partial charge is 0.103 e. The van der Waals surface area contributed by atoms with Gasteiger partial charge in [0, 0.05) is 16.4 Å². The first kappa shape index (κ1) is 13.4. The van der Waals surface area contributed by atoms with Crippen molar-refractivity contribution >= 4 is 44.6 Å². The fraction of sp³-hybridized carbons (Fsp3) is 0.154. The fourth-order valence-electron chi connectivity index (χ4n) is 1.70. The van der Waals surface area contributed by atoms with E-state index in [0.29, 0.717) is 5.56 Å². The first-order chi connectivity index (χ1) is 8.61. The maximum Gasteiger partial charge on any atom is 0.103 e. The van der Waals surface area contributed by atoms with Gasteiger partial charge >= 0.3 is 0 Å². The number of hydrogen-bond donors (Lipinski definition) is 0. The van der Waals surface area contributed by atoms with Crippen molar-refractivity contribution in [3.05, 3.63) is 49.6 Å². The van der Waals surface area contributed by atoms with Crippen LogP contribution in [0.25, 0.3) is 0 Å². The largest absolute Gasteiger partial charge is 0.368 e. The van der Waals surface area contributed by atoms with Gasteiger partial charge in [-0.3, -0.25) is 0 Å². The Balaban J connectivity index is 2.27. The highest BCUT2D eigenvalue weighted by Crippen LogP contribution is 2.29. The monoisotopic (exact) mass is 340 g/mol. The molecule has 2 rings (SSSR count). The highest BCUT2D eigenvalue weighted by molar-refractivity contribution is 9.10. The van der Waals surface area contributed by atoms with Crippen molar-refractivity contribution in [1.29, 1.82) is 5.26 Å². The number of nitriles is 1. The van der Waals surface area contributed by atoms with Crippen molar-refractivity contribution < 1.29 is 0 Å². The standard InChI is InChI=1S/C13H10BrClN2S/c1-17(8-9-5-6-13(15)18-9)12-4-2-3-11(14)10(12)7-16/h2-6H,8H2,1H3. The Bertz CT molecular complexity index is 603. The number of hydrogen-bond acceptors (Lipinski definition) is 3. The highest BCUT2D eigenvalue weighted by Gasteiger charge is 2.11. The van der Waals surface area contributed by atoms with Gasteiger partial charge in [0.2, 0.25) is 0 Å². The summed E-state index contributed by atoms with van der Waals surface area (Å²) in [6.07, 6.45) is 0. The molecule has 1 heterocycles. The van der Waals surface area contributed by atoms with Crippen molar-refractivity contribution in [3.8, 4) is 6.07 Å². The lowest BCUT2D eigenvalue weighted by Crippen LogP contribution is -2.16. The molecular weight excluding hydrogens is 332 g/mol. The number of anilines is 1. The molecule has 5 heteroatoms. The van der Waals surface area contributed by atoms with Gasteiger partial charge in [0.1, 0.15) is 6.07 Å². The van der Waals surface area contributed by atoms with Crippen molar-refractivity contribution in [2.45, 2.75) is 6.54 Å². The number of halogens is 2. The third kappa shape index (κ3) is 2.86. The summed E-state index contributed by atoms with van der Waals surface area (Å²) in [4.78, 5) is 3.22. The van der Waals surface area contributed by atoms with Gasteiger partial charge in [-0.1, -0.05) is 17.7 Å². The number of benzene rings is 1. The highest BCUT2D eigenvalue weighted by atomic mass is 79.9. The van der Waals surface area contributed by atoms with Gasteiger partial charge in [-0.25, -0.2) is 0 Å². The molecule has 2 nitrogen and oxygen atoms in total. The Hall–Kier alpha value is -1.02. The molecule has 18 heavy (non-hydrogen) atoms. The molecule has 1 aromatic carbocycles. The van der Waals surface area contributed by atoms with E-state index in [1.54, 1.807) is 11.3 Å². The van der Waals surface area contributed by atoms with Crippen LogP contribution in [0.2, 0.25) is 4.34 Å². The van der Waals surface area contributed by atoms with Crippen LogP contribution in [-0.4, -0.2) is 7.05 Å². The van der Waals surface area contributed by atoms with Crippen LogP contribution in [0.5, 0.6) is 0 Å². The van der Waals surface area contributed by atoms with Gasteiger partial charge in [-0.05, 0) is 40.2 Å². The lowest BCUT2D eigenvalue weighted by atomic mass is 10.2. The summed E-state index contributed by atoms with van der Waals surface area (Å²) >= 11 is 10.9. The molecule has 0 atom stereocenters. The molecule has 0 fully saturated rings. The predicted octanol–water partition coefficient (Wildman–Crippen LogP) is 4.67. The quantitative estimate of drug-likeness (QED) is 0.811.